The van der Waals surface area contributed by atoms with Crippen LogP contribution in [-0.4, -0.2) is 0 Å². The number of halogens is 4. The topological polar surface area (TPSA) is 0 Å². The third kappa shape index (κ3) is 3.09. The van der Waals surface area contributed by atoms with Crippen molar-refractivity contribution in [3.8, 4) is 0 Å². The van der Waals surface area contributed by atoms with Gasteiger partial charge >= 0.3 is 0 Å². The SMILES string of the molecule is Fc1cccc(F)c1CC(Cl)c1cccc(Br)c1. The Kier molecular flexibility index (Phi) is 4.36. The normalized spacial score (nSPS) is 12.4. The van der Waals surface area contributed by atoms with Crippen LogP contribution in [0.5, 0.6) is 0 Å². The van der Waals surface area contributed by atoms with Crippen LogP contribution in [0.4, 0.5) is 8.78 Å². The van der Waals surface area contributed by atoms with Crippen LogP contribution in [0.25, 0.3) is 0 Å². The third-order valence-electron chi connectivity index (χ3n) is 2.66. The fourth-order valence-corrected chi connectivity index (χ4v) is 2.43. The highest BCUT2D eigenvalue weighted by atomic mass is 79.9. The molecule has 0 nitrogen and oxygen atoms in total. The second-order valence-electron chi connectivity index (χ2n) is 3.93. The quantitative estimate of drug-likeness (QED) is 0.674. The third-order valence-corrected chi connectivity index (χ3v) is 3.55. The predicted octanol–water partition coefficient (Wildman–Crippen LogP) is 5.25. The van der Waals surface area contributed by atoms with Crippen LogP contribution in [0, 0.1) is 11.6 Å². The van der Waals surface area contributed by atoms with Gasteiger partial charge in [0, 0.05) is 10.0 Å². The summed E-state index contributed by atoms with van der Waals surface area (Å²) in [5.41, 5.74) is 0.853. The summed E-state index contributed by atoms with van der Waals surface area (Å²) in [6.07, 6.45) is 0.122. The highest BCUT2D eigenvalue weighted by Crippen LogP contribution is 2.28. The molecule has 2 aromatic carbocycles. The van der Waals surface area contributed by atoms with Crippen molar-refractivity contribution in [1.29, 1.82) is 0 Å². The molecule has 0 spiro atoms. The number of rotatable bonds is 3. The van der Waals surface area contributed by atoms with E-state index in [2.05, 4.69) is 15.9 Å². The molecule has 0 amide bonds. The number of hydrogen-bond acceptors (Lipinski definition) is 0. The van der Waals surface area contributed by atoms with Crippen LogP contribution < -0.4 is 0 Å². The fourth-order valence-electron chi connectivity index (χ4n) is 1.73. The molecule has 0 fully saturated rings. The smallest absolute Gasteiger partial charge is 0.129 e. The molecular formula is C14H10BrClF2. The Morgan fingerprint density at radius 3 is 2.28 bits per heavy atom. The predicted molar refractivity (Wildman–Crippen MR) is 72.8 cm³/mol. The van der Waals surface area contributed by atoms with Crippen molar-refractivity contribution in [2.75, 3.05) is 0 Å². The molecule has 18 heavy (non-hydrogen) atoms. The van der Waals surface area contributed by atoms with E-state index < -0.39 is 17.0 Å². The zero-order valence-electron chi connectivity index (χ0n) is 9.34. The second-order valence-corrected chi connectivity index (χ2v) is 5.37. The van der Waals surface area contributed by atoms with Crippen molar-refractivity contribution in [3.05, 3.63) is 69.7 Å². The molecule has 0 aromatic heterocycles. The first-order chi connectivity index (χ1) is 8.58. The second kappa shape index (κ2) is 5.81. The number of hydrogen-bond donors (Lipinski definition) is 0. The first-order valence-electron chi connectivity index (χ1n) is 5.40. The first-order valence-corrected chi connectivity index (χ1v) is 6.63. The van der Waals surface area contributed by atoms with Crippen molar-refractivity contribution in [3.63, 3.8) is 0 Å². The van der Waals surface area contributed by atoms with E-state index in [1.807, 2.05) is 24.3 Å². The zero-order valence-corrected chi connectivity index (χ0v) is 11.7. The Hall–Kier alpha value is -0.930. The van der Waals surface area contributed by atoms with Gasteiger partial charge in [-0.25, -0.2) is 8.78 Å². The van der Waals surface area contributed by atoms with Crippen LogP contribution in [0.15, 0.2) is 46.9 Å². The van der Waals surface area contributed by atoms with Gasteiger partial charge in [-0.3, -0.25) is 0 Å². The standard InChI is InChI=1S/C14H10BrClF2/c15-10-4-1-3-9(7-10)12(16)8-11-13(17)5-2-6-14(11)18/h1-7,12H,8H2. The van der Waals surface area contributed by atoms with E-state index in [4.69, 9.17) is 11.6 Å². The Balaban J connectivity index is 2.24. The Morgan fingerprint density at radius 1 is 1.06 bits per heavy atom. The minimum atomic E-state index is -0.560. The molecule has 0 radical (unpaired) electrons. The first kappa shape index (κ1) is 13.5. The lowest BCUT2D eigenvalue weighted by atomic mass is 10.0. The van der Waals surface area contributed by atoms with Gasteiger partial charge in [-0.15, -0.1) is 11.6 Å². The summed E-state index contributed by atoms with van der Waals surface area (Å²) < 4.78 is 27.9. The van der Waals surface area contributed by atoms with Crippen LogP contribution in [0.3, 0.4) is 0 Å². The van der Waals surface area contributed by atoms with Crippen molar-refractivity contribution in [2.24, 2.45) is 0 Å². The van der Waals surface area contributed by atoms with Crippen molar-refractivity contribution in [1.82, 2.24) is 0 Å². The van der Waals surface area contributed by atoms with Gasteiger partial charge in [-0.2, -0.15) is 0 Å². The molecule has 0 bridgehead atoms. The molecule has 0 aliphatic rings. The summed E-state index contributed by atoms with van der Waals surface area (Å²) in [5, 5.41) is -0.464. The molecule has 0 aliphatic heterocycles. The monoisotopic (exact) mass is 330 g/mol. The number of benzene rings is 2. The van der Waals surface area contributed by atoms with Crippen molar-refractivity contribution < 1.29 is 8.78 Å². The molecule has 0 saturated carbocycles. The maximum atomic E-state index is 13.5. The average molecular weight is 332 g/mol. The largest absolute Gasteiger partial charge is 0.207 e. The van der Waals surface area contributed by atoms with Gasteiger partial charge in [0.15, 0.2) is 0 Å². The van der Waals surface area contributed by atoms with Gasteiger partial charge in [0.05, 0.1) is 5.38 Å². The van der Waals surface area contributed by atoms with Crippen LogP contribution in [-0.2, 0) is 6.42 Å². The molecule has 0 heterocycles. The van der Waals surface area contributed by atoms with E-state index in [1.54, 1.807) is 0 Å². The number of alkyl halides is 1. The summed E-state index contributed by atoms with van der Waals surface area (Å²) in [7, 11) is 0. The van der Waals surface area contributed by atoms with Gasteiger partial charge in [0.1, 0.15) is 11.6 Å². The molecule has 1 atom stereocenters. The van der Waals surface area contributed by atoms with Crippen molar-refractivity contribution >= 4 is 27.5 Å². The lowest BCUT2D eigenvalue weighted by Gasteiger charge is -2.11. The lowest BCUT2D eigenvalue weighted by Crippen LogP contribution is -2.01. The summed E-state index contributed by atoms with van der Waals surface area (Å²) in [6, 6.07) is 11.2. The highest BCUT2D eigenvalue weighted by molar-refractivity contribution is 9.10. The molecule has 0 saturated heterocycles. The van der Waals surface area contributed by atoms with Crippen LogP contribution >= 0.6 is 27.5 Å². The maximum absolute atomic E-state index is 13.5. The van der Waals surface area contributed by atoms with Gasteiger partial charge in [-0.1, -0.05) is 34.1 Å². The molecule has 4 heteroatoms. The molecular weight excluding hydrogens is 322 g/mol. The summed E-state index contributed by atoms with van der Waals surface area (Å²) in [5.74, 6) is -1.12. The maximum Gasteiger partial charge on any atom is 0.129 e. The molecule has 2 rings (SSSR count). The Labute approximate surface area is 118 Å². The molecule has 2 aromatic rings. The average Bonchev–Trinajstić information content (AvgIpc) is 2.34. The van der Waals surface area contributed by atoms with Gasteiger partial charge in [0.2, 0.25) is 0 Å². The minimum absolute atomic E-state index is 0.0254. The zero-order chi connectivity index (χ0) is 13.1. The minimum Gasteiger partial charge on any atom is -0.207 e. The van der Waals surface area contributed by atoms with Crippen LogP contribution in [0.1, 0.15) is 16.5 Å². The highest BCUT2D eigenvalue weighted by Gasteiger charge is 2.15. The van der Waals surface area contributed by atoms with Gasteiger partial charge in [0.25, 0.3) is 0 Å². The molecule has 0 aliphatic carbocycles. The van der Waals surface area contributed by atoms with Crippen molar-refractivity contribution in [2.45, 2.75) is 11.8 Å². The summed E-state index contributed by atoms with van der Waals surface area (Å²) >= 11 is 9.54. The van der Waals surface area contributed by atoms with Gasteiger partial charge < -0.3 is 0 Å². The van der Waals surface area contributed by atoms with E-state index in [-0.39, 0.29) is 12.0 Å². The van der Waals surface area contributed by atoms with E-state index in [0.717, 1.165) is 10.0 Å². The van der Waals surface area contributed by atoms with Gasteiger partial charge in [-0.05, 0) is 36.2 Å². The van der Waals surface area contributed by atoms with E-state index in [1.165, 1.54) is 18.2 Å². The molecule has 0 N–H and O–H groups in total. The summed E-state index contributed by atoms with van der Waals surface area (Å²) in [4.78, 5) is 0. The van der Waals surface area contributed by atoms with E-state index >= 15 is 0 Å². The Morgan fingerprint density at radius 2 is 1.67 bits per heavy atom. The molecule has 94 valence electrons. The van der Waals surface area contributed by atoms with Crippen LogP contribution in [0.2, 0.25) is 0 Å². The molecule has 1 unspecified atom stereocenters. The van der Waals surface area contributed by atoms with E-state index in [0.29, 0.717) is 0 Å². The van der Waals surface area contributed by atoms with E-state index in [9.17, 15) is 8.78 Å². The summed E-state index contributed by atoms with van der Waals surface area (Å²) in [6.45, 7) is 0. The fraction of sp³-hybridized carbons (Fsp3) is 0.143. The lowest BCUT2D eigenvalue weighted by molar-refractivity contribution is 0.553. The Bertz CT molecular complexity index is 537.